The van der Waals surface area contributed by atoms with Crippen LogP contribution in [0.15, 0.2) is 17.5 Å². The predicted octanol–water partition coefficient (Wildman–Crippen LogP) is 3.37. The summed E-state index contributed by atoms with van der Waals surface area (Å²) in [5, 5.41) is 8.63. The molecule has 0 fully saturated rings. The van der Waals surface area contributed by atoms with E-state index in [-0.39, 0.29) is 6.04 Å². The van der Waals surface area contributed by atoms with Gasteiger partial charge in [-0.05, 0) is 32.2 Å². The lowest BCUT2D eigenvalue weighted by molar-refractivity contribution is 0.882. The SMILES string of the molecule is CNc1nc(C)nc(NC(C)c2cccs2)c1C. The molecule has 2 aromatic heterocycles. The van der Waals surface area contributed by atoms with Gasteiger partial charge in [0.05, 0.1) is 6.04 Å². The summed E-state index contributed by atoms with van der Waals surface area (Å²) >= 11 is 1.75. The van der Waals surface area contributed by atoms with Gasteiger partial charge >= 0.3 is 0 Å². The Morgan fingerprint density at radius 1 is 1.22 bits per heavy atom. The molecular formula is C13H18N4S. The fourth-order valence-corrected chi connectivity index (χ4v) is 2.56. The smallest absolute Gasteiger partial charge is 0.135 e. The van der Waals surface area contributed by atoms with Gasteiger partial charge in [0.25, 0.3) is 0 Å². The Morgan fingerprint density at radius 3 is 2.56 bits per heavy atom. The van der Waals surface area contributed by atoms with E-state index in [1.807, 2.05) is 20.9 Å². The molecule has 1 atom stereocenters. The average Bonchev–Trinajstić information content (AvgIpc) is 2.87. The van der Waals surface area contributed by atoms with Crippen LogP contribution in [0.4, 0.5) is 11.6 Å². The molecule has 18 heavy (non-hydrogen) atoms. The van der Waals surface area contributed by atoms with Gasteiger partial charge in [0.1, 0.15) is 17.5 Å². The summed E-state index contributed by atoms with van der Waals surface area (Å²) in [6, 6.07) is 4.45. The number of aryl methyl sites for hydroxylation is 1. The lowest BCUT2D eigenvalue weighted by atomic mass is 10.2. The normalized spacial score (nSPS) is 12.2. The molecule has 2 rings (SSSR count). The molecule has 0 radical (unpaired) electrons. The lowest BCUT2D eigenvalue weighted by Crippen LogP contribution is -2.11. The number of nitrogens with one attached hydrogen (secondary N) is 2. The highest BCUT2D eigenvalue weighted by molar-refractivity contribution is 7.10. The van der Waals surface area contributed by atoms with E-state index >= 15 is 0 Å². The van der Waals surface area contributed by atoms with Crippen LogP contribution < -0.4 is 10.6 Å². The van der Waals surface area contributed by atoms with Gasteiger partial charge in [0.2, 0.25) is 0 Å². The molecule has 0 aromatic carbocycles. The molecule has 0 aliphatic rings. The third kappa shape index (κ3) is 2.61. The minimum atomic E-state index is 0.253. The van der Waals surface area contributed by atoms with Gasteiger partial charge in [-0.1, -0.05) is 6.07 Å². The summed E-state index contributed by atoms with van der Waals surface area (Å²) in [6.07, 6.45) is 0. The van der Waals surface area contributed by atoms with Crippen molar-refractivity contribution >= 4 is 23.0 Å². The van der Waals surface area contributed by atoms with Gasteiger partial charge in [-0.3, -0.25) is 0 Å². The van der Waals surface area contributed by atoms with E-state index < -0.39 is 0 Å². The number of nitrogens with zero attached hydrogens (tertiary/aromatic N) is 2. The largest absolute Gasteiger partial charge is 0.373 e. The lowest BCUT2D eigenvalue weighted by Gasteiger charge is -2.17. The highest BCUT2D eigenvalue weighted by atomic mass is 32.1. The fraction of sp³-hybridized carbons (Fsp3) is 0.385. The Hall–Kier alpha value is -1.62. The van der Waals surface area contributed by atoms with Crippen LogP contribution in [-0.4, -0.2) is 17.0 Å². The van der Waals surface area contributed by atoms with Crippen LogP contribution in [0, 0.1) is 13.8 Å². The van der Waals surface area contributed by atoms with Crippen molar-refractivity contribution in [1.29, 1.82) is 0 Å². The molecule has 0 saturated heterocycles. The number of rotatable bonds is 4. The first kappa shape index (κ1) is 12.8. The first-order valence-electron chi connectivity index (χ1n) is 5.94. The molecule has 0 saturated carbocycles. The predicted molar refractivity (Wildman–Crippen MR) is 77.4 cm³/mol. The van der Waals surface area contributed by atoms with Crippen LogP contribution in [0.5, 0.6) is 0 Å². The van der Waals surface area contributed by atoms with E-state index in [1.54, 1.807) is 11.3 Å². The van der Waals surface area contributed by atoms with Gasteiger partial charge in [0.15, 0.2) is 0 Å². The molecule has 2 heterocycles. The molecule has 5 heteroatoms. The molecule has 0 amide bonds. The molecule has 96 valence electrons. The van der Waals surface area contributed by atoms with Crippen molar-refractivity contribution in [3.05, 3.63) is 33.8 Å². The summed E-state index contributed by atoms with van der Waals surface area (Å²) in [4.78, 5) is 10.1. The second kappa shape index (κ2) is 5.35. The maximum Gasteiger partial charge on any atom is 0.135 e. The maximum absolute atomic E-state index is 4.47. The number of hydrogen-bond donors (Lipinski definition) is 2. The highest BCUT2D eigenvalue weighted by Crippen LogP contribution is 2.26. The van der Waals surface area contributed by atoms with Crippen LogP contribution >= 0.6 is 11.3 Å². The van der Waals surface area contributed by atoms with E-state index in [9.17, 15) is 0 Å². The third-order valence-electron chi connectivity index (χ3n) is 2.82. The van der Waals surface area contributed by atoms with Gasteiger partial charge in [0, 0.05) is 17.5 Å². The molecule has 0 spiro atoms. The maximum atomic E-state index is 4.47. The molecule has 1 unspecified atom stereocenters. The number of hydrogen-bond acceptors (Lipinski definition) is 5. The second-order valence-corrected chi connectivity index (χ2v) is 5.20. The Morgan fingerprint density at radius 2 is 1.94 bits per heavy atom. The summed E-state index contributed by atoms with van der Waals surface area (Å²) < 4.78 is 0. The van der Waals surface area contributed by atoms with Crippen LogP contribution in [-0.2, 0) is 0 Å². The van der Waals surface area contributed by atoms with Crippen molar-refractivity contribution in [2.75, 3.05) is 17.7 Å². The monoisotopic (exact) mass is 262 g/mol. The molecular weight excluding hydrogens is 244 g/mol. The van der Waals surface area contributed by atoms with E-state index in [0.717, 1.165) is 23.0 Å². The first-order chi connectivity index (χ1) is 8.61. The molecule has 0 aliphatic carbocycles. The van der Waals surface area contributed by atoms with E-state index in [1.165, 1.54) is 4.88 Å². The average molecular weight is 262 g/mol. The Labute approximate surface area is 111 Å². The zero-order chi connectivity index (χ0) is 13.1. The standard InChI is InChI=1S/C13H18N4S/c1-8-12(14-4)16-10(3)17-13(8)15-9(2)11-6-5-7-18-11/h5-7,9H,1-4H3,(H2,14,15,16,17). The van der Waals surface area contributed by atoms with E-state index in [0.29, 0.717) is 0 Å². The third-order valence-corrected chi connectivity index (χ3v) is 3.87. The van der Waals surface area contributed by atoms with Gasteiger partial charge in [-0.15, -0.1) is 11.3 Å². The molecule has 2 N–H and O–H groups in total. The van der Waals surface area contributed by atoms with Crippen LogP contribution in [0.25, 0.3) is 0 Å². The number of anilines is 2. The van der Waals surface area contributed by atoms with Gasteiger partial charge in [-0.2, -0.15) is 0 Å². The minimum Gasteiger partial charge on any atom is -0.373 e. The Kier molecular flexibility index (Phi) is 3.81. The summed E-state index contributed by atoms with van der Waals surface area (Å²) in [5.74, 6) is 2.54. The fourth-order valence-electron chi connectivity index (χ4n) is 1.83. The summed E-state index contributed by atoms with van der Waals surface area (Å²) in [5.41, 5.74) is 1.05. The van der Waals surface area contributed by atoms with Gasteiger partial charge < -0.3 is 10.6 Å². The Bertz CT molecular complexity index is 522. The molecule has 0 bridgehead atoms. The summed E-state index contributed by atoms with van der Waals surface area (Å²) in [6.45, 7) is 6.07. The Balaban J connectivity index is 2.26. The van der Waals surface area contributed by atoms with Crippen molar-refractivity contribution in [3.8, 4) is 0 Å². The quantitative estimate of drug-likeness (QED) is 0.887. The molecule has 2 aromatic rings. The van der Waals surface area contributed by atoms with Crippen molar-refractivity contribution < 1.29 is 0 Å². The first-order valence-corrected chi connectivity index (χ1v) is 6.82. The van der Waals surface area contributed by atoms with Crippen molar-refractivity contribution in [1.82, 2.24) is 9.97 Å². The van der Waals surface area contributed by atoms with Crippen molar-refractivity contribution in [2.24, 2.45) is 0 Å². The van der Waals surface area contributed by atoms with Crippen molar-refractivity contribution in [2.45, 2.75) is 26.8 Å². The zero-order valence-corrected chi connectivity index (χ0v) is 11.9. The van der Waals surface area contributed by atoms with E-state index in [2.05, 4.69) is 45.0 Å². The number of aromatic nitrogens is 2. The minimum absolute atomic E-state index is 0.253. The van der Waals surface area contributed by atoms with Crippen LogP contribution in [0.3, 0.4) is 0 Å². The van der Waals surface area contributed by atoms with Crippen LogP contribution in [0.1, 0.15) is 29.2 Å². The topological polar surface area (TPSA) is 49.8 Å². The second-order valence-electron chi connectivity index (χ2n) is 4.22. The zero-order valence-electron chi connectivity index (χ0n) is 11.1. The number of thiophene rings is 1. The van der Waals surface area contributed by atoms with Gasteiger partial charge in [-0.25, -0.2) is 9.97 Å². The highest BCUT2D eigenvalue weighted by Gasteiger charge is 2.12. The summed E-state index contributed by atoms with van der Waals surface area (Å²) in [7, 11) is 1.88. The molecule has 0 aliphatic heterocycles. The van der Waals surface area contributed by atoms with E-state index in [4.69, 9.17) is 0 Å². The van der Waals surface area contributed by atoms with Crippen LogP contribution in [0.2, 0.25) is 0 Å². The van der Waals surface area contributed by atoms with Crippen molar-refractivity contribution in [3.63, 3.8) is 0 Å². The molecule has 4 nitrogen and oxygen atoms in total.